The summed E-state index contributed by atoms with van der Waals surface area (Å²) in [4.78, 5) is 14.6. The summed E-state index contributed by atoms with van der Waals surface area (Å²) in [6.45, 7) is 6.27. The SMILES string of the molecule is Cc1ccccc1CN1C[C@H]2C[C@H](C1)c1cccc(=O)n1C2. The van der Waals surface area contributed by atoms with Crippen molar-refractivity contribution in [2.24, 2.45) is 5.92 Å². The molecule has 0 unspecified atom stereocenters. The Bertz CT molecular complexity index is 749. The first-order chi connectivity index (χ1) is 10.7. The van der Waals surface area contributed by atoms with Gasteiger partial charge in [-0.25, -0.2) is 0 Å². The molecule has 2 aromatic rings. The highest BCUT2D eigenvalue weighted by Crippen LogP contribution is 2.35. The minimum Gasteiger partial charge on any atom is -0.312 e. The van der Waals surface area contributed by atoms with E-state index in [0.717, 1.165) is 26.2 Å². The summed E-state index contributed by atoms with van der Waals surface area (Å²) >= 11 is 0. The Hall–Kier alpha value is -1.87. The second-order valence-electron chi connectivity index (χ2n) is 6.82. The topological polar surface area (TPSA) is 25.2 Å². The predicted octanol–water partition coefficient (Wildman–Crippen LogP) is 2.78. The number of fused-ring (bicyclic) bond motifs is 4. The summed E-state index contributed by atoms with van der Waals surface area (Å²) in [6.07, 6.45) is 1.23. The predicted molar refractivity (Wildman–Crippen MR) is 88.0 cm³/mol. The highest BCUT2D eigenvalue weighted by molar-refractivity contribution is 5.26. The molecule has 1 fully saturated rings. The van der Waals surface area contributed by atoms with E-state index in [9.17, 15) is 4.79 Å². The number of benzene rings is 1. The Morgan fingerprint density at radius 2 is 1.91 bits per heavy atom. The van der Waals surface area contributed by atoms with Gasteiger partial charge in [-0.05, 0) is 36.5 Å². The molecule has 2 atom stereocenters. The summed E-state index contributed by atoms with van der Waals surface area (Å²) < 4.78 is 2.00. The van der Waals surface area contributed by atoms with Gasteiger partial charge in [0, 0.05) is 43.9 Å². The van der Waals surface area contributed by atoms with Crippen LogP contribution in [0.15, 0.2) is 47.3 Å². The lowest BCUT2D eigenvalue weighted by Crippen LogP contribution is -2.46. The maximum absolute atomic E-state index is 12.1. The molecular weight excluding hydrogens is 272 g/mol. The van der Waals surface area contributed by atoms with Crippen LogP contribution in [0.5, 0.6) is 0 Å². The fraction of sp³-hybridized carbons (Fsp3) is 0.421. The zero-order chi connectivity index (χ0) is 15.1. The van der Waals surface area contributed by atoms with Gasteiger partial charge in [-0.3, -0.25) is 9.69 Å². The number of aryl methyl sites for hydroxylation is 1. The fourth-order valence-electron chi connectivity index (χ4n) is 4.15. The number of rotatable bonds is 2. The van der Waals surface area contributed by atoms with Gasteiger partial charge in [0.05, 0.1) is 0 Å². The summed E-state index contributed by atoms with van der Waals surface area (Å²) in [5.74, 6) is 1.11. The van der Waals surface area contributed by atoms with Gasteiger partial charge in [-0.1, -0.05) is 30.3 Å². The molecule has 3 nitrogen and oxygen atoms in total. The van der Waals surface area contributed by atoms with Gasteiger partial charge in [0.1, 0.15) is 0 Å². The lowest BCUT2D eigenvalue weighted by atomic mass is 9.83. The minimum absolute atomic E-state index is 0.166. The number of likely N-dealkylation sites (tertiary alicyclic amines) is 1. The van der Waals surface area contributed by atoms with E-state index in [1.165, 1.54) is 23.2 Å². The molecule has 22 heavy (non-hydrogen) atoms. The molecule has 1 saturated heterocycles. The third-order valence-electron chi connectivity index (χ3n) is 5.21. The molecule has 4 rings (SSSR count). The van der Waals surface area contributed by atoms with E-state index in [0.29, 0.717) is 11.8 Å². The van der Waals surface area contributed by atoms with Crippen LogP contribution >= 0.6 is 0 Å². The second kappa shape index (κ2) is 5.40. The normalized spacial score (nSPS) is 24.0. The average molecular weight is 294 g/mol. The van der Waals surface area contributed by atoms with Crippen LogP contribution in [0.4, 0.5) is 0 Å². The highest BCUT2D eigenvalue weighted by Gasteiger charge is 2.34. The van der Waals surface area contributed by atoms with Crippen molar-refractivity contribution >= 4 is 0 Å². The van der Waals surface area contributed by atoms with E-state index in [1.54, 1.807) is 6.07 Å². The van der Waals surface area contributed by atoms with Crippen molar-refractivity contribution in [3.8, 4) is 0 Å². The van der Waals surface area contributed by atoms with Crippen LogP contribution in [0, 0.1) is 12.8 Å². The molecule has 1 aromatic carbocycles. The maximum atomic E-state index is 12.1. The molecule has 2 aliphatic heterocycles. The minimum atomic E-state index is 0.166. The highest BCUT2D eigenvalue weighted by atomic mass is 16.1. The molecule has 0 N–H and O–H groups in total. The van der Waals surface area contributed by atoms with Crippen molar-refractivity contribution in [3.63, 3.8) is 0 Å². The van der Waals surface area contributed by atoms with Crippen molar-refractivity contribution in [2.45, 2.75) is 32.4 Å². The Kier molecular flexibility index (Phi) is 3.38. The van der Waals surface area contributed by atoms with Gasteiger partial charge in [-0.15, -0.1) is 0 Å². The van der Waals surface area contributed by atoms with Gasteiger partial charge in [-0.2, -0.15) is 0 Å². The van der Waals surface area contributed by atoms with Gasteiger partial charge in [0.15, 0.2) is 0 Å². The van der Waals surface area contributed by atoms with E-state index in [2.05, 4.69) is 42.2 Å². The summed E-state index contributed by atoms with van der Waals surface area (Å²) in [5.41, 5.74) is 4.19. The molecule has 2 aliphatic rings. The summed E-state index contributed by atoms with van der Waals surface area (Å²) in [7, 11) is 0. The number of aromatic nitrogens is 1. The van der Waals surface area contributed by atoms with Gasteiger partial charge in [0.25, 0.3) is 5.56 Å². The number of hydrogen-bond acceptors (Lipinski definition) is 2. The van der Waals surface area contributed by atoms with Gasteiger partial charge < -0.3 is 4.57 Å². The molecule has 3 heteroatoms. The van der Waals surface area contributed by atoms with Crippen LogP contribution in [-0.2, 0) is 13.1 Å². The number of piperidine rings is 1. The van der Waals surface area contributed by atoms with Crippen molar-refractivity contribution in [1.29, 1.82) is 0 Å². The van der Waals surface area contributed by atoms with Crippen LogP contribution in [0.2, 0.25) is 0 Å². The van der Waals surface area contributed by atoms with Crippen molar-refractivity contribution in [1.82, 2.24) is 9.47 Å². The Morgan fingerprint density at radius 3 is 2.77 bits per heavy atom. The van der Waals surface area contributed by atoms with E-state index in [-0.39, 0.29) is 5.56 Å². The molecule has 3 heterocycles. The zero-order valence-corrected chi connectivity index (χ0v) is 13.0. The van der Waals surface area contributed by atoms with Crippen molar-refractivity contribution in [2.75, 3.05) is 13.1 Å². The molecule has 0 saturated carbocycles. The Balaban J connectivity index is 1.59. The van der Waals surface area contributed by atoms with Crippen LogP contribution in [-0.4, -0.2) is 22.6 Å². The zero-order valence-electron chi connectivity index (χ0n) is 13.0. The maximum Gasteiger partial charge on any atom is 0.250 e. The lowest BCUT2D eigenvalue weighted by molar-refractivity contribution is 0.114. The molecule has 1 aromatic heterocycles. The van der Waals surface area contributed by atoms with Crippen LogP contribution in [0.25, 0.3) is 0 Å². The average Bonchev–Trinajstić information content (AvgIpc) is 2.51. The first kappa shape index (κ1) is 13.8. The van der Waals surface area contributed by atoms with E-state index < -0.39 is 0 Å². The van der Waals surface area contributed by atoms with E-state index >= 15 is 0 Å². The van der Waals surface area contributed by atoms with Crippen LogP contribution in [0.1, 0.15) is 29.2 Å². The Labute approximate surface area is 131 Å². The molecule has 2 bridgehead atoms. The molecule has 0 amide bonds. The quantitative estimate of drug-likeness (QED) is 0.851. The summed E-state index contributed by atoms with van der Waals surface area (Å²) in [6, 6.07) is 14.4. The lowest BCUT2D eigenvalue weighted by Gasteiger charge is -2.43. The fourth-order valence-corrected chi connectivity index (χ4v) is 4.15. The number of hydrogen-bond donors (Lipinski definition) is 0. The molecule has 114 valence electrons. The number of nitrogens with zero attached hydrogens (tertiary/aromatic N) is 2. The van der Waals surface area contributed by atoms with Crippen molar-refractivity contribution < 1.29 is 0 Å². The van der Waals surface area contributed by atoms with Crippen LogP contribution < -0.4 is 5.56 Å². The third kappa shape index (κ3) is 2.40. The monoisotopic (exact) mass is 294 g/mol. The van der Waals surface area contributed by atoms with Crippen LogP contribution in [0.3, 0.4) is 0 Å². The molecule has 0 aliphatic carbocycles. The number of pyridine rings is 1. The molecule has 0 spiro atoms. The second-order valence-corrected chi connectivity index (χ2v) is 6.82. The molecular formula is C19H22N2O. The third-order valence-corrected chi connectivity index (χ3v) is 5.21. The first-order valence-corrected chi connectivity index (χ1v) is 8.17. The molecule has 0 radical (unpaired) electrons. The smallest absolute Gasteiger partial charge is 0.250 e. The van der Waals surface area contributed by atoms with Gasteiger partial charge in [0.2, 0.25) is 0 Å². The largest absolute Gasteiger partial charge is 0.312 e. The Morgan fingerprint density at radius 1 is 1.05 bits per heavy atom. The van der Waals surface area contributed by atoms with Gasteiger partial charge >= 0.3 is 0 Å². The first-order valence-electron chi connectivity index (χ1n) is 8.17. The van der Waals surface area contributed by atoms with E-state index in [4.69, 9.17) is 0 Å². The standard InChI is InChI=1S/C19H22N2O/c1-14-5-2-3-6-16(14)12-20-10-15-9-17(13-20)18-7-4-8-19(22)21(18)11-15/h2-8,15,17H,9-13H2,1H3/t15-,17-/m1/s1. The van der Waals surface area contributed by atoms with E-state index in [1.807, 2.05) is 10.6 Å². The summed E-state index contributed by atoms with van der Waals surface area (Å²) in [5, 5.41) is 0. The van der Waals surface area contributed by atoms with Crippen molar-refractivity contribution in [3.05, 3.63) is 69.6 Å².